The van der Waals surface area contributed by atoms with Gasteiger partial charge in [-0.3, -0.25) is 9.36 Å². The van der Waals surface area contributed by atoms with Crippen LogP contribution >= 0.6 is 11.8 Å². The van der Waals surface area contributed by atoms with Gasteiger partial charge in [0.25, 0.3) is 0 Å². The number of para-hydroxylation sites is 1. The molecule has 0 bridgehead atoms. The molecule has 1 atom stereocenters. The van der Waals surface area contributed by atoms with Crippen molar-refractivity contribution in [3.8, 4) is 17.1 Å². The maximum Gasteiger partial charge on any atom is 0.197 e. The molecule has 0 saturated heterocycles. The van der Waals surface area contributed by atoms with Crippen LogP contribution in [0.2, 0.25) is 0 Å². The van der Waals surface area contributed by atoms with E-state index < -0.39 is 5.25 Å². The molecule has 1 N–H and O–H groups in total. The predicted octanol–water partition coefficient (Wildman–Crippen LogP) is 7.75. The highest BCUT2D eigenvalue weighted by Gasteiger charge is 2.29. The van der Waals surface area contributed by atoms with Gasteiger partial charge < -0.3 is 4.98 Å². The van der Waals surface area contributed by atoms with Crippen LogP contribution in [-0.2, 0) is 0 Å². The number of fused-ring (bicyclic) bond motifs is 1. The van der Waals surface area contributed by atoms with Crippen molar-refractivity contribution in [1.82, 2.24) is 19.7 Å². The van der Waals surface area contributed by atoms with Crippen LogP contribution < -0.4 is 0 Å². The Morgan fingerprint density at radius 3 is 2.29 bits per heavy atom. The van der Waals surface area contributed by atoms with Crippen LogP contribution in [0.3, 0.4) is 0 Å². The summed E-state index contributed by atoms with van der Waals surface area (Å²) in [6.45, 7) is 4.20. The third-order valence-electron chi connectivity index (χ3n) is 6.83. The highest BCUT2D eigenvalue weighted by atomic mass is 32.2. The first kappa shape index (κ1) is 23.9. The summed E-state index contributed by atoms with van der Waals surface area (Å²) >= 11 is 1.43. The summed E-state index contributed by atoms with van der Waals surface area (Å²) in [5, 5.41) is 10.3. The molecule has 38 heavy (non-hydrogen) atoms. The maximum atomic E-state index is 14.1. The molecule has 4 aromatic carbocycles. The Morgan fingerprint density at radius 2 is 1.53 bits per heavy atom. The summed E-state index contributed by atoms with van der Waals surface area (Å²) in [6, 6.07) is 34.2. The van der Waals surface area contributed by atoms with Crippen molar-refractivity contribution in [2.45, 2.75) is 24.3 Å². The molecule has 6 rings (SSSR count). The van der Waals surface area contributed by atoms with Crippen LogP contribution in [0.4, 0.5) is 0 Å². The van der Waals surface area contributed by atoms with E-state index in [-0.39, 0.29) is 5.78 Å². The van der Waals surface area contributed by atoms with E-state index in [2.05, 4.69) is 51.8 Å². The van der Waals surface area contributed by atoms with Crippen molar-refractivity contribution in [3.63, 3.8) is 0 Å². The van der Waals surface area contributed by atoms with E-state index in [1.54, 1.807) is 0 Å². The van der Waals surface area contributed by atoms with E-state index in [1.807, 2.05) is 91.1 Å². The number of hydrogen-bond donors (Lipinski definition) is 1. The summed E-state index contributed by atoms with van der Waals surface area (Å²) in [5.74, 6) is 0.761. The zero-order chi connectivity index (χ0) is 26.1. The Labute approximate surface area is 225 Å². The van der Waals surface area contributed by atoms with Crippen LogP contribution in [0.15, 0.2) is 114 Å². The fourth-order valence-electron chi connectivity index (χ4n) is 4.64. The van der Waals surface area contributed by atoms with E-state index >= 15 is 0 Å². The van der Waals surface area contributed by atoms with Gasteiger partial charge in [0.15, 0.2) is 16.8 Å². The minimum absolute atomic E-state index is 0.0227. The Balaban J connectivity index is 1.49. The van der Waals surface area contributed by atoms with E-state index in [0.29, 0.717) is 10.7 Å². The van der Waals surface area contributed by atoms with Crippen LogP contribution in [0, 0.1) is 13.8 Å². The summed E-state index contributed by atoms with van der Waals surface area (Å²) < 4.78 is 2.06. The number of aryl methyl sites for hydroxylation is 2. The van der Waals surface area contributed by atoms with Crippen molar-refractivity contribution >= 4 is 28.4 Å². The molecule has 0 amide bonds. The highest BCUT2D eigenvalue weighted by Crippen LogP contribution is 2.40. The maximum absolute atomic E-state index is 14.1. The monoisotopic (exact) mass is 514 g/mol. The van der Waals surface area contributed by atoms with Gasteiger partial charge in [0.05, 0.1) is 5.69 Å². The number of nitrogens with one attached hydrogen (secondary N) is 1. The molecule has 2 aromatic heterocycles. The number of aromatic nitrogens is 4. The number of nitrogens with zero attached hydrogens (tertiary/aromatic N) is 3. The molecule has 0 aliphatic rings. The summed E-state index contributed by atoms with van der Waals surface area (Å²) in [6.07, 6.45) is 1.81. The largest absolute Gasteiger partial charge is 0.360 e. The van der Waals surface area contributed by atoms with Crippen LogP contribution in [0.25, 0.3) is 28.0 Å². The smallest absolute Gasteiger partial charge is 0.197 e. The minimum Gasteiger partial charge on any atom is -0.360 e. The van der Waals surface area contributed by atoms with Gasteiger partial charge in [0.2, 0.25) is 0 Å². The van der Waals surface area contributed by atoms with Crippen LogP contribution in [0.5, 0.6) is 0 Å². The van der Waals surface area contributed by atoms with Crippen molar-refractivity contribution in [2.24, 2.45) is 0 Å². The average molecular weight is 515 g/mol. The molecule has 186 valence electrons. The van der Waals surface area contributed by atoms with Gasteiger partial charge >= 0.3 is 0 Å². The number of Topliss-reactive ketones (excluding diaryl/α,β-unsaturated/α-hetero) is 1. The number of rotatable bonds is 7. The number of benzene rings is 4. The third kappa shape index (κ3) is 4.44. The van der Waals surface area contributed by atoms with Gasteiger partial charge in [-0.05, 0) is 48.7 Å². The van der Waals surface area contributed by atoms with Crippen molar-refractivity contribution < 1.29 is 4.79 Å². The van der Waals surface area contributed by atoms with E-state index in [1.165, 1.54) is 22.9 Å². The van der Waals surface area contributed by atoms with Crippen LogP contribution in [0.1, 0.15) is 32.3 Å². The minimum atomic E-state index is -0.506. The average Bonchev–Trinajstić information content (AvgIpc) is 3.58. The van der Waals surface area contributed by atoms with Gasteiger partial charge in [-0.1, -0.05) is 96.7 Å². The van der Waals surface area contributed by atoms with Crippen molar-refractivity contribution in [1.29, 1.82) is 0 Å². The number of aromatic amines is 1. The quantitative estimate of drug-likeness (QED) is 0.175. The standard InChI is InChI=1S/C32H26N4OS/c1-21-17-18-25(19-22(21)2)36-31(24-13-7-4-8-14-24)34-35-32(36)38-30(23-11-5-3-6-12-23)29(37)27-20-33-28-16-10-9-15-26(27)28/h3-20,30,33H,1-2H3/t30-/m0/s1. The lowest BCUT2D eigenvalue weighted by Crippen LogP contribution is -2.11. The highest BCUT2D eigenvalue weighted by molar-refractivity contribution is 8.00. The Bertz CT molecular complexity index is 1740. The SMILES string of the molecule is Cc1ccc(-n2c(S[C@H](C(=O)c3c[nH]c4ccccc34)c3ccccc3)nnc2-c2ccccc2)cc1C. The third-order valence-corrected chi connectivity index (χ3v) is 8.03. The first-order valence-corrected chi connectivity index (χ1v) is 13.4. The molecule has 5 nitrogen and oxygen atoms in total. The topological polar surface area (TPSA) is 63.6 Å². The van der Waals surface area contributed by atoms with Crippen molar-refractivity contribution in [3.05, 3.63) is 132 Å². The second-order valence-electron chi connectivity index (χ2n) is 9.30. The fraction of sp³-hybridized carbons (Fsp3) is 0.0938. The number of ketones is 1. The normalized spacial score (nSPS) is 12.1. The summed E-state index contributed by atoms with van der Waals surface area (Å²) in [4.78, 5) is 17.4. The van der Waals surface area contributed by atoms with Crippen LogP contribution in [-0.4, -0.2) is 25.5 Å². The second-order valence-corrected chi connectivity index (χ2v) is 10.4. The number of hydrogen-bond acceptors (Lipinski definition) is 4. The molecule has 0 fully saturated rings. The number of carbonyl (C=O) groups excluding carboxylic acids is 1. The molecule has 2 heterocycles. The van der Waals surface area contributed by atoms with E-state index in [9.17, 15) is 4.79 Å². The zero-order valence-electron chi connectivity index (χ0n) is 21.1. The molecular formula is C32H26N4OS. The molecule has 0 unspecified atom stereocenters. The van der Waals surface area contributed by atoms with Crippen molar-refractivity contribution in [2.75, 3.05) is 0 Å². The predicted molar refractivity (Wildman–Crippen MR) is 154 cm³/mol. The first-order valence-electron chi connectivity index (χ1n) is 12.5. The van der Waals surface area contributed by atoms with E-state index in [4.69, 9.17) is 0 Å². The molecular weight excluding hydrogens is 488 g/mol. The lowest BCUT2D eigenvalue weighted by molar-refractivity contribution is 0.0991. The van der Waals surface area contributed by atoms with Gasteiger partial charge in [-0.25, -0.2) is 0 Å². The first-order chi connectivity index (χ1) is 18.6. The second kappa shape index (κ2) is 10.1. The van der Waals surface area contributed by atoms with E-state index in [0.717, 1.165) is 33.5 Å². The molecule has 0 radical (unpaired) electrons. The lowest BCUT2D eigenvalue weighted by Gasteiger charge is -2.17. The molecule has 6 heteroatoms. The molecule has 0 aliphatic heterocycles. The van der Waals surface area contributed by atoms with Gasteiger partial charge in [-0.2, -0.15) is 0 Å². The Hall–Kier alpha value is -4.42. The van der Waals surface area contributed by atoms with Gasteiger partial charge in [0.1, 0.15) is 5.25 Å². The Kier molecular flexibility index (Phi) is 6.40. The molecule has 0 spiro atoms. The molecule has 0 saturated carbocycles. The summed E-state index contributed by atoms with van der Waals surface area (Å²) in [7, 11) is 0. The van der Waals surface area contributed by atoms with Gasteiger partial charge in [-0.15, -0.1) is 10.2 Å². The van der Waals surface area contributed by atoms with Gasteiger partial charge in [0, 0.05) is 28.2 Å². The lowest BCUT2D eigenvalue weighted by atomic mass is 10.0. The fourth-order valence-corrected chi connectivity index (χ4v) is 5.76. The molecule has 0 aliphatic carbocycles. The number of thioether (sulfide) groups is 1. The number of H-pyrrole nitrogens is 1. The number of carbonyl (C=O) groups is 1. The Morgan fingerprint density at radius 1 is 0.816 bits per heavy atom. The molecule has 6 aromatic rings. The summed E-state index contributed by atoms with van der Waals surface area (Å²) in [5.41, 5.74) is 6.85. The zero-order valence-corrected chi connectivity index (χ0v) is 21.9.